The Bertz CT molecular complexity index is 714. The summed E-state index contributed by atoms with van der Waals surface area (Å²) in [6, 6.07) is 7.53. The molecule has 1 fully saturated rings. The Morgan fingerprint density at radius 1 is 1.48 bits per heavy atom. The molecule has 2 heterocycles. The number of rotatable bonds is 4. The number of aromatic nitrogens is 2. The van der Waals surface area contributed by atoms with Crippen LogP contribution >= 0.6 is 11.6 Å². The number of nitrogens with zero attached hydrogens (tertiary/aromatic N) is 3. The molecule has 0 spiro atoms. The summed E-state index contributed by atoms with van der Waals surface area (Å²) in [7, 11) is 0. The highest BCUT2D eigenvalue weighted by molar-refractivity contribution is 6.30. The summed E-state index contributed by atoms with van der Waals surface area (Å²) in [6.45, 7) is 3.12. The van der Waals surface area contributed by atoms with E-state index in [0.717, 1.165) is 18.4 Å². The van der Waals surface area contributed by atoms with E-state index < -0.39 is 0 Å². The molecule has 1 saturated heterocycles. The number of amides is 1. The first-order chi connectivity index (χ1) is 11.1. The minimum atomic E-state index is -0.0711. The number of aryl methyl sites for hydroxylation is 1. The standard InChI is InChI=1S/C17H20ClN3O2/c1-12-16(17(23)21-7-3-6-15(21)11-22)10-20(19-12)9-13-4-2-5-14(18)8-13/h2,4-5,8,10,15,22H,3,6-7,9,11H2,1H3/t15-/m1/s1. The quantitative estimate of drug-likeness (QED) is 0.935. The van der Waals surface area contributed by atoms with Crippen molar-refractivity contribution >= 4 is 17.5 Å². The van der Waals surface area contributed by atoms with E-state index in [1.54, 1.807) is 15.8 Å². The minimum Gasteiger partial charge on any atom is -0.394 e. The minimum absolute atomic E-state index is 0.0153. The molecule has 1 amide bonds. The van der Waals surface area contributed by atoms with Crippen molar-refractivity contribution < 1.29 is 9.90 Å². The molecule has 1 aromatic carbocycles. The van der Waals surface area contributed by atoms with Gasteiger partial charge >= 0.3 is 0 Å². The summed E-state index contributed by atoms with van der Waals surface area (Å²) in [5.41, 5.74) is 2.35. The molecule has 1 aliphatic heterocycles. The van der Waals surface area contributed by atoms with E-state index in [-0.39, 0.29) is 18.6 Å². The van der Waals surface area contributed by atoms with Gasteiger partial charge in [0.2, 0.25) is 0 Å². The molecule has 0 unspecified atom stereocenters. The van der Waals surface area contributed by atoms with Crippen molar-refractivity contribution in [2.24, 2.45) is 0 Å². The van der Waals surface area contributed by atoms with Crippen molar-refractivity contribution in [2.45, 2.75) is 32.4 Å². The molecule has 6 heteroatoms. The van der Waals surface area contributed by atoms with Crippen LogP contribution in [0.15, 0.2) is 30.5 Å². The second-order valence-electron chi connectivity index (χ2n) is 5.93. The van der Waals surface area contributed by atoms with Gasteiger partial charge in [0.1, 0.15) is 0 Å². The zero-order valence-electron chi connectivity index (χ0n) is 13.1. The van der Waals surface area contributed by atoms with Crippen LogP contribution in [0, 0.1) is 6.92 Å². The van der Waals surface area contributed by atoms with Crippen LogP contribution < -0.4 is 0 Å². The highest BCUT2D eigenvalue weighted by Gasteiger charge is 2.30. The number of hydrogen-bond donors (Lipinski definition) is 1. The van der Waals surface area contributed by atoms with Gasteiger partial charge < -0.3 is 10.0 Å². The van der Waals surface area contributed by atoms with Crippen molar-refractivity contribution in [3.63, 3.8) is 0 Å². The largest absolute Gasteiger partial charge is 0.394 e. The smallest absolute Gasteiger partial charge is 0.257 e. The number of halogens is 1. The molecule has 0 aliphatic carbocycles. The lowest BCUT2D eigenvalue weighted by molar-refractivity contribution is 0.0677. The Kier molecular flexibility index (Phi) is 4.68. The number of likely N-dealkylation sites (tertiary alicyclic amines) is 1. The predicted molar refractivity (Wildman–Crippen MR) is 88.7 cm³/mol. The van der Waals surface area contributed by atoms with Gasteiger partial charge in [0, 0.05) is 17.8 Å². The van der Waals surface area contributed by atoms with Gasteiger partial charge in [-0.3, -0.25) is 9.48 Å². The molecule has 3 rings (SSSR count). The van der Waals surface area contributed by atoms with Crippen LogP contribution in [0.1, 0.15) is 34.5 Å². The van der Waals surface area contributed by atoms with Crippen LogP contribution in [-0.2, 0) is 6.54 Å². The Morgan fingerprint density at radius 3 is 3.04 bits per heavy atom. The number of aliphatic hydroxyl groups is 1. The van der Waals surface area contributed by atoms with Gasteiger partial charge in [-0.05, 0) is 37.5 Å². The summed E-state index contributed by atoms with van der Waals surface area (Å²) < 4.78 is 1.76. The van der Waals surface area contributed by atoms with Crippen molar-refractivity contribution in [3.8, 4) is 0 Å². The van der Waals surface area contributed by atoms with Crippen LogP contribution in [0.4, 0.5) is 0 Å². The number of carbonyl (C=O) groups is 1. The third-order valence-electron chi connectivity index (χ3n) is 4.26. The van der Waals surface area contributed by atoms with Gasteiger partial charge in [0.15, 0.2) is 0 Å². The summed E-state index contributed by atoms with van der Waals surface area (Å²) in [4.78, 5) is 14.5. The Balaban J connectivity index is 1.79. The lowest BCUT2D eigenvalue weighted by Gasteiger charge is -2.22. The zero-order valence-corrected chi connectivity index (χ0v) is 13.8. The fourth-order valence-corrected chi connectivity index (χ4v) is 3.29. The number of carbonyl (C=O) groups excluding carboxylic acids is 1. The third kappa shape index (κ3) is 3.41. The van der Waals surface area contributed by atoms with Crippen molar-refractivity contribution in [3.05, 3.63) is 52.3 Å². The van der Waals surface area contributed by atoms with E-state index in [0.29, 0.717) is 29.4 Å². The van der Waals surface area contributed by atoms with Crippen molar-refractivity contribution in [1.82, 2.24) is 14.7 Å². The van der Waals surface area contributed by atoms with E-state index in [1.165, 1.54) is 0 Å². The molecule has 0 bridgehead atoms. The van der Waals surface area contributed by atoms with Gasteiger partial charge in [0.25, 0.3) is 5.91 Å². The van der Waals surface area contributed by atoms with Crippen molar-refractivity contribution in [2.75, 3.05) is 13.2 Å². The topological polar surface area (TPSA) is 58.4 Å². The number of benzene rings is 1. The second-order valence-corrected chi connectivity index (χ2v) is 6.37. The fourth-order valence-electron chi connectivity index (χ4n) is 3.08. The molecule has 1 N–H and O–H groups in total. The first-order valence-corrected chi connectivity index (χ1v) is 8.16. The average molecular weight is 334 g/mol. The second kappa shape index (κ2) is 6.72. The highest BCUT2D eigenvalue weighted by Crippen LogP contribution is 2.21. The Morgan fingerprint density at radius 2 is 2.30 bits per heavy atom. The average Bonchev–Trinajstić information content (AvgIpc) is 3.13. The van der Waals surface area contributed by atoms with E-state index in [4.69, 9.17) is 11.6 Å². The summed E-state index contributed by atoms with van der Waals surface area (Å²) in [5, 5.41) is 14.5. The number of aliphatic hydroxyl groups excluding tert-OH is 1. The monoisotopic (exact) mass is 333 g/mol. The summed E-state index contributed by atoms with van der Waals surface area (Å²) >= 11 is 6.00. The van der Waals surface area contributed by atoms with E-state index >= 15 is 0 Å². The molecule has 1 aromatic heterocycles. The molecular weight excluding hydrogens is 314 g/mol. The summed E-state index contributed by atoms with van der Waals surface area (Å²) in [5.74, 6) is -0.0450. The normalized spacial score (nSPS) is 17.7. The number of hydrogen-bond acceptors (Lipinski definition) is 3. The van der Waals surface area contributed by atoms with Gasteiger partial charge in [-0.1, -0.05) is 23.7 Å². The van der Waals surface area contributed by atoms with Crippen LogP contribution in [0.25, 0.3) is 0 Å². The molecule has 2 aromatic rings. The molecule has 0 saturated carbocycles. The van der Waals surface area contributed by atoms with Crippen LogP contribution in [0.2, 0.25) is 5.02 Å². The Labute approximate surface area is 140 Å². The zero-order chi connectivity index (χ0) is 16.4. The summed E-state index contributed by atoms with van der Waals surface area (Å²) in [6.07, 6.45) is 3.58. The van der Waals surface area contributed by atoms with Crippen LogP contribution in [-0.4, -0.2) is 44.9 Å². The van der Waals surface area contributed by atoms with Crippen LogP contribution in [0.3, 0.4) is 0 Å². The maximum atomic E-state index is 12.7. The lowest BCUT2D eigenvalue weighted by atomic mass is 10.2. The van der Waals surface area contributed by atoms with E-state index in [9.17, 15) is 9.90 Å². The first-order valence-electron chi connectivity index (χ1n) is 7.79. The van der Waals surface area contributed by atoms with Gasteiger partial charge in [-0.2, -0.15) is 5.10 Å². The molecule has 5 nitrogen and oxygen atoms in total. The first kappa shape index (κ1) is 16.0. The van der Waals surface area contributed by atoms with Crippen molar-refractivity contribution in [1.29, 1.82) is 0 Å². The fraction of sp³-hybridized carbons (Fsp3) is 0.412. The molecule has 0 radical (unpaired) electrons. The molecule has 1 atom stereocenters. The maximum Gasteiger partial charge on any atom is 0.257 e. The maximum absolute atomic E-state index is 12.7. The highest BCUT2D eigenvalue weighted by atomic mass is 35.5. The predicted octanol–water partition coefficient (Wildman–Crippen LogP) is 2.49. The van der Waals surface area contributed by atoms with Gasteiger partial charge in [-0.15, -0.1) is 0 Å². The molecule has 1 aliphatic rings. The van der Waals surface area contributed by atoms with E-state index in [1.807, 2.05) is 31.2 Å². The Hall–Kier alpha value is -1.85. The van der Waals surface area contributed by atoms with Gasteiger partial charge in [0.05, 0.1) is 30.5 Å². The molecular formula is C17H20ClN3O2. The lowest BCUT2D eigenvalue weighted by Crippen LogP contribution is -2.37. The third-order valence-corrected chi connectivity index (χ3v) is 4.49. The van der Waals surface area contributed by atoms with Crippen LogP contribution in [0.5, 0.6) is 0 Å². The molecule has 122 valence electrons. The molecule has 23 heavy (non-hydrogen) atoms. The van der Waals surface area contributed by atoms with E-state index in [2.05, 4.69) is 5.10 Å². The van der Waals surface area contributed by atoms with Gasteiger partial charge in [-0.25, -0.2) is 0 Å². The SMILES string of the molecule is Cc1nn(Cc2cccc(Cl)c2)cc1C(=O)N1CCC[C@@H]1CO.